The molecule has 1 aromatic heterocycles. The second kappa shape index (κ2) is 9.93. The molecule has 0 atom stereocenters. The number of nitrogens with zero attached hydrogens (tertiary/aromatic N) is 5. The van der Waals surface area contributed by atoms with Crippen molar-refractivity contribution >= 4 is 50.8 Å². The van der Waals surface area contributed by atoms with Gasteiger partial charge in [0.1, 0.15) is 5.71 Å². The van der Waals surface area contributed by atoms with E-state index in [-0.39, 0.29) is 11.9 Å². The molecule has 1 aliphatic heterocycles. The first-order chi connectivity index (χ1) is 17.3. The Balaban J connectivity index is 1.67. The maximum absolute atomic E-state index is 13.5. The predicted octanol–water partition coefficient (Wildman–Crippen LogP) is 6.52. The number of carbonyl (C=O) groups is 1. The minimum atomic E-state index is -0.186. The Morgan fingerprint density at radius 1 is 0.917 bits per heavy atom. The van der Waals surface area contributed by atoms with Gasteiger partial charge in [-0.15, -0.1) is 0 Å². The standard InChI is InChI=1S/C28H23BrClN5O/c1-17-4-6-18(7-5-17)23-15-24(19-8-11-21(30)12-9-19)32-28(31-23)33-26-22-14-20(29)10-13-25(22)35(27(26)36)16-34(2)3/h4-15H,16H2,1-3H3/b33-26-. The highest BCUT2D eigenvalue weighted by atomic mass is 79.9. The lowest BCUT2D eigenvalue weighted by molar-refractivity contribution is -0.112. The van der Waals surface area contributed by atoms with Gasteiger partial charge in [0, 0.05) is 26.2 Å². The third-order valence-corrected chi connectivity index (χ3v) is 6.54. The van der Waals surface area contributed by atoms with Gasteiger partial charge in [-0.2, -0.15) is 0 Å². The second-order valence-electron chi connectivity index (χ2n) is 8.89. The van der Waals surface area contributed by atoms with Crippen LogP contribution in [0.15, 0.2) is 82.3 Å². The van der Waals surface area contributed by atoms with Crippen molar-refractivity contribution in [3.05, 3.63) is 93.4 Å². The first-order valence-corrected chi connectivity index (χ1v) is 12.5. The van der Waals surface area contributed by atoms with Crippen molar-refractivity contribution in [2.75, 3.05) is 25.7 Å². The largest absolute Gasteiger partial charge is 0.293 e. The summed E-state index contributed by atoms with van der Waals surface area (Å²) in [5, 5.41) is 0.645. The highest BCUT2D eigenvalue weighted by molar-refractivity contribution is 9.10. The summed E-state index contributed by atoms with van der Waals surface area (Å²) in [6, 6.07) is 23.3. The average Bonchev–Trinajstić information content (AvgIpc) is 3.09. The predicted molar refractivity (Wildman–Crippen MR) is 149 cm³/mol. The van der Waals surface area contributed by atoms with Gasteiger partial charge in [0.05, 0.1) is 23.7 Å². The highest BCUT2D eigenvalue weighted by Gasteiger charge is 2.34. The molecule has 36 heavy (non-hydrogen) atoms. The molecule has 0 aliphatic carbocycles. The molecular weight excluding hydrogens is 538 g/mol. The van der Waals surface area contributed by atoms with Crippen LogP contribution >= 0.6 is 27.5 Å². The molecule has 0 N–H and O–H groups in total. The quantitative estimate of drug-likeness (QED) is 0.279. The first kappa shape index (κ1) is 24.3. The second-order valence-corrected chi connectivity index (χ2v) is 10.2. The van der Waals surface area contributed by atoms with Crippen LogP contribution in [0.1, 0.15) is 11.1 Å². The number of hydrogen-bond acceptors (Lipinski definition) is 5. The molecular formula is C28H23BrClN5O. The molecule has 0 unspecified atom stereocenters. The third kappa shape index (κ3) is 4.95. The van der Waals surface area contributed by atoms with Gasteiger partial charge < -0.3 is 0 Å². The molecule has 0 radical (unpaired) electrons. The van der Waals surface area contributed by atoms with Gasteiger partial charge >= 0.3 is 0 Å². The van der Waals surface area contributed by atoms with E-state index in [1.54, 1.807) is 4.90 Å². The first-order valence-electron chi connectivity index (χ1n) is 11.4. The normalized spacial score (nSPS) is 14.1. The molecule has 0 spiro atoms. The number of aliphatic imine (C=N–C) groups is 1. The molecule has 0 fully saturated rings. The zero-order chi connectivity index (χ0) is 25.4. The van der Waals surface area contributed by atoms with Crippen molar-refractivity contribution in [3.63, 3.8) is 0 Å². The molecule has 0 bridgehead atoms. The van der Waals surface area contributed by atoms with Crippen LogP contribution in [-0.2, 0) is 4.79 Å². The molecule has 0 saturated heterocycles. The van der Waals surface area contributed by atoms with Crippen LogP contribution in [-0.4, -0.2) is 47.3 Å². The van der Waals surface area contributed by atoms with Crippen molar-refractivity contribution in [2.24, 2.45) is 4.99 Å². The van der Waals surface area contributed by atoms with Crippen molar-refractivity contribution in [3.8, 4) is 22.5 Å². The van der Waals surface area contributed by atoms with E-state index in [1.807, 2.05) is 98.7 Å². The Bertz CT molecular complexity index is 1420. The smallest absolute Gasteiger partial charge is 0.278 e. The van der Waals surface area contributed by atoms with Gasteiger partial charge in [0.25, 0.3) is 11.9 Å². The monoisotopic (exact) mass is 559 g/mol. The number of rotatable bonds is 5. The van der Waals surface area contributed by atoms with Crippen LogP contribution in [0, 0.1) is 6.92 Å². The van der Waals surface area contributed by atoms with Crippen molar-refractivity contribution in [2.45, 2.75) is 6.92 Å². The van der Waals surface area contributed by atoms with Crippen LogP contribution in [0.3, 0.4) is 0 Å². The van der Waals surface area contributed by atoms with Crippen LogP contribution in [0.5, 0.6) is 0 Å². The van der Waals surface area contributed by atoms with Gasteiger partial charge in [-0.3, -0.25) is 14.6 Å². The van der Waals surface area contributed by atoms with E-state index < -0.39 is 0 Å². The SMILES string of the molecule is Cc1ccc(-c2cc(-c3ccc(Cl)cc3)nc(/N=C3\C(=O)N(CN(C)C)c4ccc(Br)cc43)n2)cc1. The minimum Gasteiger partial charge on any atom is -0.293 e. The fourth-order valence-electron chi connectivity index (χ4n) is 4.04. The molecule has 8 heteroatoms. The number of carbonyl (C=O) groups excluding carboxylic acids is 1. The number of hydrogen-bond donors (Lipinski definition) is 0. The fourth-order valence-corrected chi connectivity index (χ4v) is 4.53. The molecule has 0 saturated carbocycles. The summed E-state index contributed by atoms with van der Waals surface area (Å²) in [6.45, 7) is 2.48. The van der Waals surface area contributed by atoms with Crippen molar-refractivity contribution in [1.82, 2.24) is 14.9 Å². The van der Waals surface area contributed by atoms with Gasteiger partial charge in [0.15, 0.2) is 0 Å². The van der Waals surface area contributed by atoms with E-state index in [1.165, 1.54) is 0 Å². The Kier molecular flexibility index (Phi) is 6.71. The molecule has 1 aliphatic rings. The zero-order valence-electron chi connectivity index (χ0n) is 20.0. The topological polar surface area (TPSA) is 61.7 Å². The summed E-state index contributed by atoms with van der Waals surface area (Å²) >= 11 is 9.64. The number of halogens is 2. The Morgan fingerprint density at radius 3 is 2.14 bits per heavy atom. The van der Waals surface area contributed by atoms with Crippen molar-refractivity contribution < 1.29 is 4.79 Å². The Morgan fingerprint density at radius 2 is 1.53 bits per heavy atom. The number of benzene rings is 3. The molecule has 2 heterocycles. The number of amides is 1. The number of fused-ring (bicyclic) bond motifs is 1. The maximum atomic E-state index is 13.5. The number of aromatic nitrogens is 2. The summed E-state index contributed by atoms with van der Waals surface area (Å²) in [4.78, 5) is 31.3. The fraction of sp³-hybridized carbons (Fsp3) is 0.143. The molecule has 1 amide bonds. The molecule has 4 aromatic rings. The van der Waals surface area contributed by atoms with E-state index in [0.717, 1.165) is 38.1 Å². The van der Waals surface area contributed by atoms with E-state index in [2.05, 4.69) is 15.9 Å². The molecule has 180 valence electrons. The lowest BCUT2D eigenvalue weighted by Crippen LogP contribution is -2.37. The van der Waals surface area contributed by atoms with Crippen LogP contribution in [0.2, 0.25) is 5.02 Å². The molecule has 5 rings (SSSR count). The summed E-state index contributed by atoms with van der Waals surface area (Å²) in [5.74, 6) is 0.0354. The highest BCUT2D eigenvalue weighted by Crippen LogP contribution is 2.34. The summed E-state index contributed by atoms with van der Waals surface area (Å²) in [6.07, 6.45) is 0. The summed E-state index contributed by atoms with van der Waals surface area (Å²) < 4.78 is 0.865. The van der Waals surface area contributed by atoms with Gasteiger partial charge in [0.2, 0.25) is 0 Å². The van der Waals surface area contributed by atoms with Crippen LogP contribution < -0.4 is 4.90 Å². The number of anilines is 1. The van der Waals surface area contributed by atoms with Crippen LogP contribution in [0.4, 0.5) is 11.6 Å². The lowest BCUT2D eigenvalue weighted by atomic mass is 10.1. The van der Waals surface area contributed by atoms with E-state index in [9.17, 15) is 4.79 Å². The summed E-state index contributed by atoms with van der Waals surface area (Å²) in [5.41, 5.74) is 6.27. The molecule has 6 nitrogen and oxygen atoms in total. The third-order valence-electron chi connectivity index (χ3n) is 5.79. The van der Waals surface area contributed by atoms with Gasteiger partial charge in [-0.1, -0.05) is 69.5 Å². The van der Waals surface area contributed by atoms with E-state index in [0.29, 0.717) is 23.1 Å². The molecule has 3 aromatic carbocycles. The average molecular weight is 561 g/mol. The Hall–Kier alpha value is -3.39. The summed E-state index contributed by atoms with van der Waals surface area (Å²) in [7, 11) is 3.85. The van der Waals surface area contributed by atoms with Crippen molar-refractivity contribution in [1.29, 1.82) is 0 Å². The van der Waals surface area contributed by atoms with Gasteiger partial charge in [-0.05, 0) is 57.4 Å². The van der Waals surface area contributed by atoms with Crippen LogP contribution in [0.25, 0.3) is 22.5 Å². The lowest BCUT2D eigenvalue weighted by Gasteiger charge is -2.21. The Labute approximate surface area is 223 Å². The maximum Gasteiger partial charge on any atom is 0.278 e. The number of aryl methyl sites for hydroxylation is 1. The van der Waals surface area contributed by atoms with E-state index >= 15 is 0 Å². The zero-order valence-corrected chi connectivity index (χ0v) is 22.4. The van der Waals surface area contributed by atoms with E-state index in [4.69, 9.17) is 26.6 Å². The van der Waals surface area contributed by atoms with Gasteiger partial charge in [-0.25, -0.2) is 15.0 Å². The minimum absolute atomic E-state index is 0.186.